The molecule has 0 N–H and O–H groups in total. The highest BCUT2D eigenvalue weighted by molar-refractivity contribution is 7.53. The molecule has 4 heteroatoms. The van der Waals surface area contributed by atoms with Gasteiger partial charge in [0.1, 0.15) is 0 Å². The topological polar surface area (TPSA) is 26.3 Å². The molecule has 11 heavy (non-hydrogen) atoms. The van der Waals surface area contributed by atoms with E-state index < -0.39 is 13.3 Å². The van der Waals surface area contributed by atoms with Crippen LogP contribution in [0.25, 0.3) is 0 Å². The average molecular weight is 182 g/mol. The SMILES string of the molecule is CCC(C)(C)OP(=O)(F)CC. The van der Waals surface area contributed by atoms with Crippen molar-refractivity contribution in [3.8, 4) is 0 Å². The zero-order valence-electron chi connectivity index (χ0n) is 7.56. The molecule has 68 valence electrons. The van der Waals surface area contributed by atoms with E-state index in [2.05, 4.69) is 0 Å². The van der Waals surface area contributed by atoms with Gasteiger partial charge in [-0.05, 0) is 20.3 Å². The van der Waals surface area contributed by atoms with Crippen LogP contribution in [-0.2, 0) is 9.09 Å². The maximum Gasteiger partial charge on any atom is 0.367 e. The molecule has 0 bridgehead atoms. The third-order valence-electron chi connectivity index (χ3n) is 1.61. The Labute approximate surface area is 67.7 Å². The van der Waals surface area contributed by atoms with Crippen LogP contribution in [0.3, 0.4) is 0 Å². The molecule has 0 rings (SSSR count). The van der Waals surface area contributed by atoms with Crippen molar-refractivity contribution < 1.29 is 13.3 Å². The van der Waals surface area contributed by atoms with Gasteiger partial charge in [-0.2, -0.15) is 4.20 Å². The number of halogens is 1. The zero-order valence-corrected chi connectivity index (χ0v) is 8.45. The lowest BCUT2D eigenvalue weighted by Crippen LogP contribution is -2.20. The number of rotatable bonds is 4. The highest BCUT2D eigenvalue weighted by Gasteiger charge is 2.28. The Morgan fingerprint density at radius 3 is 2.18 bits per heavy atom. The summed E-state index contributed by atoms with van der Waals surface area (Å²) in [7, 11) is -3.81. The molecular weight excluding hydrogens is 166 g/mol. The van der Waals surface area contributed by atoms with Crippen LogP contribution >= 0.6 is 7.68 Å². The van der Waals surface area contributed by atoms with Gasteiger partial charge in [-0.15, -0.1) is 0 Å². The quantitative estimate of drug-likeness (QED) is 0.623. The highest BCUT2D eigenvalue weighted by Crippen LogP contribution is 2.51. The summed E-state index contributed by atoms with van der Waals surface area (Å²) in [6, 6.07) is 0. The first-order valence-corrected chi connectivity index (χ1v) is 5.52. The van der Waals surface area contributed by atoms with E-state index >= 15 is 0 Å². The molecule has 0 fully saturated rings. The van der Waals surface area contributed by atoms with Gasteiger partial charge < -0.3 is 0 Å². The van der Waals surface area contributed by atoms with Crippen molar-refractivity contribution >= 4 is 7.68 Å². The van der Waals surface area contributed by atoms with E-state index in [1.165, 1.54) is 6.92 Å². The van der Waals surface area contributed by atoms with Gasteiger partial charge in [-0.25, -0.2) is 0 Å². The molecule has 0 saturated heterocycles. The molecule has 0 aromatic heterocycles. The van der Waals surface area contributed by atoms with Crippen LogP contribution in [-0.4, -0.2) is 11.8 Å². The summed E-state index contributed by atoms with van der Waals surface area (Å²) in [6.07, 6.45) is 0.608. The molecule has 0 spiro atoms. The van der Waals surface area contributed by atoms with Crippen molar-refractivity contribution in [3.63, 3.8) is 0 Å². The fourth-order valence-corrected chi connectivity index (χ4v) is 1.49. The van der Waals surface area contributed by atoms with E-state index in [4.69, 9.17) is 4.52 Å². The van der Waals surface area contributed by atoms with E-state index in [0.717, 1.165) is 0 Å². The van der Waals surface area contributed by atoms with Crippen molar-refractivity contribution in [2.24, 2.45) is 0 Å². The summed E-state index contributed by atoms with van der Waals surface area (Å²) < 4.78 is 28.5. The fraction of sp³-hybridized carbons (Fsp3) is 1.00. The molecule has 0 amide bonds. The van der Waals surface area contributed by atoms with Gasteiger partial charge in [0.15, 0.2) is 0 Å². The maximum atomic E-state index is 12.8. The van der Waals surface area contributed by atoms with Gasteiger partial charge in [-0.3, -0.25) is 9.09 Å². The van der Waals surface area contributed by atoms with Crippen molar-refractivity contribution in [2.75, 3.05) is 6.16 Å². The Morgan fingerprint density at radius 2 is 1.91 bits per heavy atom. The van der Waals surface area contributed by atoms with Crippen LogP contribution in [0, 0.1) is 0 Å². The minimum Gasteiger partial charge on any atom is -0.299 e. The van der Waals surface area contributed by atoms with Crippen molar-refractivity contribution in [1.29, 1.82) is 0 Å². The predicted molar refractivity (Wildman–Crippen MR) is 44.7 cm³/mol. The van der Waals surface area contributed by atoms with Gasteiger partial charge >= 0.3 is 7.68 Å². The van der Waals surface area contributed by atoms with E-state index in [1.807, 2.05) is 6.92 Å². The predicted octanol–water partition coefficient (Wildman–Crippen LogP) is 3.37. The molecule has 0 heterocycles. The third-order valence-corrected chi connectivity index (χ3v) is 3.13. The van der Waals surface area contributed by atoms with E-state index in [1.54, 1.807) is 13.8 Å². The lowest BCUT2D eigenvalue weighted by Gasteiger charge is -2.24. The minimum atomic E-state index is -3.81. The lowest BCUT2D eigenvalue weighted by atomic mass is 10.1. The summed E-state index contributed by atoms with van der Waals surface area (Å²) in [5.41, 5.74) is -0.611. The molecule has 0 aliphatic rings. The Hall–Kier alpha value is 0.120. The first-order valence-electron chi connectivity index (χ1n) is 3.82. The molecule has 0 aliphatic heterocycles. The molecular formula is C7H16FO2P. The monoisotopic (exact) mass is 182 g/mol. The summed E-state index contributed by atoms with van der Waals surface area (Å²) in [4.78, 5) is 0. The number of hydrogen-bond donors (Lipinski definition) is 0. The van der Waals surface area contributed by atoms with Gasteiger partial charge in [-0.1, -0.05) is 13.8 Å². The van der Waals surface area contributed by atoms with Gasteiger partial charge in [0.25, 0.3) is 0 Å². The van der Waals surface area contributed by atoms with Crippen LogP contribution in [0.4, 0.5) is 4.20 Å². The molecule has 0 aromatic rings. The first kappa shape index (κ1) is 11.1. The molecule has 1 unspecified atom stereocenters. The summed E-state index contributed by atoms with van der Waals surface area (Å²) >= 11 is 0. The molecule has 2 nitrogen and oxygen atoms in total. The zero-order chi connectivity index (χ0) is 9.12. The van der Waals surface area contributed by atoms with Crippen molar-refractivity contribution in [1.82, 2.24) is 0 Å². The van der Waals surface area contributed by atoms with Gasteiger partial charge in [0.05, 0.1) is 11.8 Å². The van der Waals surface area contributed by atoms with Crippen molar-refractivity contribution in [3.05, 3.63) is 0 Å². The Balaban J connectivity index is 4.14. The van der Waals surface area contributed by atoms with E-state index in [0.29, 0.717) is 6.42 Å². The first-order chi connectivity index (χ1) is 4.83. The normalized spacial score (nSPS) is 17.9. The van der Waals surface area contributed by atoms with Gasteiger partial charge in [0.2, 0.25) is 0 Å². The fourth-order valence-electron chi connectivity index (χ4n) is 0.498. The van der Waals surface area contributed by atoms with E-state index in [9.17, 15) is 8.76 Å². The standard InChI is InChI=1S/C7H16FO2P/c1-5-7(3,4)10-11(8,9)6-2/h5-6H2,1-4H3. The smallest absolute Gasteiger partial charge is 0.299 e. The maximum absolute atomic E-state index is 12.8. The summed E-state index contributed by atoms with van der Waals surface area (Å²) in [6.45, 7) is 6.85. The van der Waals surface area contributed by atoms with Crippen LogP contribution in [0.2, 0.25) is 0 Å². The highest BCUT2D eigenvalue weighted by atomic mass is 31.2. The molecule has 0 saturated carbocycles. The lowest BCUT2D eigenvalue weighted by molar-refractivity contribution is 0.0981. The second-order valence-corrected chi connectivity index (χ2v) is 5.11. The van der Waals surface area contributed by atoms with Crippen LogP contribution in [0.1, 0.15) is 34.1 Å². The van der Waals surface area contributed by atoms with Crippen LogP contribution in [0.5, 0.6) is 0 Å². The molecule has 0 aromatic carbocycles. The molecule has 0 radical (unpaired) electrons. The van der Waals surface area contributed by atoms with Gasteiger partial charge in [0, 0.05) is 0 Å². The van der Waals surface area contributed by atoms with E-state index in [-0.39, 0.29) is 6.16 Å². The molecule has 1 atom stereocenters. The molecule has 0 aliphatic carbocycles. The Kier molecular flexibility index (Phi) is 3.72. The number of hydrogen-bond acceptors (Lipinski definition) is 2. The Morgan fingerprint density at radius 1 is 1.45 bits per heavy atom. The third kappa shape index (κ3) is 4.54. The summed E-state index contributed by atoms with van der Waals surface area (Å²) in [5.74, 6) is 0. The second-order valence-electron chi connectivity index (χ2n) is 3.11. The summed E-state index contributed by atoms with van der Waals surface area (Å²) in [5, 5.41) is 0. The van der Waals surface area contributed by atoms with Crippen LogP contribution < -0.4 is 0 Å². The Bertz CT molecular complexity index is 168. The van der Waals surface area contributed by atoms with Crippen LogP contribution in [0.15, 0.2) is 0 Å². The minimum absolute atomic E-state index is 0.0452. The largest absolute Gasteiger partial charge is 0.367 e. The average Bonchev–Trinajstić information content (AvgIpc) is 1.86. The van der Waals surface area contributed by atoms with Crippen molar-refractivity contribution in [2.45, 2.75) is 39.7 Å². The second kappa shape index (κ2) is 3.68.